The van der Waals surface area contributed by atoms with Crippen LogP contribution in [0.15, 0.2) is 84.0 Å². The topological polar surface area (TPSA) is 81.6 Å². The number of rotatable bonds is 8. The number of pyridine rings is 1. The van der Waals surface area contributed by atoms with Crippen molar-refractivity contribution >= 4 is 21.4 Å². The number of anilines is 2. The molecule has 1 aromatic heterocycles. The van der Waals surface area contributed by atoms with E-state index in [0.717, 1.165) is 5.69 Å². The average molecular weight is 370 g/mol. The third-order valence-corrected chi connectivity index (χ3v) is 4.96. The van der Waals surface area contributed by atoms with Gasteiger partial charge in [0.1, 0.15) is 12.4 Å². The van der Waals surface area contributed by atoms with Gasteiger partial charge in [-0.2, -0.15) is 0 Å². The maximum atomic E-state index is 12.4. The van der Waals surface area contributed by atoms with Crippen molar-refractivity contribution in [3.63, 3.8) is 0 Å². The summed E-state index contributed by atoms with van der Waals surface area (Å²) in [4.78, 5) is 3.18. The molecule has 2 aromatic carbocycles. The van der Waals surface area contributed by atoms with Crippen molar-refractivity contribution < 1.29 is 18.1 Å². The van der Waals surface area contributed by atoms with E-state index >= 15 is 0 Å². The second-order valence-electron chi connectivity index (χ2n) is 5.51. The van der Waals surface area contributed by atoms with Gasteiger partial charge < -0.3 is 10.1 Å². The van der Waals surface area contributed by atoms with Crippen molar-refractivity contribution in [2.75, 3.05) is 23.2 Å². The van der Waals surface area contributed by atoms with E-state index in [-0.39, 0.29) is 4.90 Å². The van der Waals surface area contributed by atoms with Crippen LogP contribution < -0.4 is 19.8 Å². The predicted molar refractivity (Wildman–Crippen MR) is 101 cm³/mol. The lowest BCUT2D eigenvalue weighted by Gasteiger charge is -2.11. The summed E-state index contributed by atoms with van der Waals surface area (Å²) in [5.41, 5.74) is 1.45. The lowest BCUT2D eigenvalue weighted by atomic mass is 10.3. The summed E-state index contributed by atoms with van der Waals surface area (Å²) in [6.07, 6.45) is 3.68. The van der Waals surface area contributed by atoms with Crippen molar-refractivity contribution in [1.82, 2.24) is 0 Å². The molecule has 0 unspecified atom stereocenters. The lowest BCUT2D eigenvalue weighted by molar-refractivity contribution is -0.377. The van der Waals surface area contributed by atoms with Gasteiger partial charge >= 0.3 is 0 Å². The Balaban J connectivity index is 1.56. The van der Waals surface area contributed by atoms with Crippen molar-refractivity contribution in [3.05, 3.63) is 79.1 Å². The van der Waals surface area contributed by atoms with Gasteiger partial charge in [0, 0.05) is 30.4 Å². The number of hydrogen-bond donors (Lipinski definition) is 2. The Hall–Kier alpha value is -3.06. The van der Waals surface area contributed by atoms with Crippen molar-refractivity contribution in [1.29, 1.82) is 0 Å². The largest absolute Gasteiger partial charge is 0.492 e. The quantitative estimate of drug-likeness (QED) is 0.598. The molecule has 1 heterocycles. The van der Waals surface area contributed by atoms with E-state index in [2.05, 4.69) is 15.0 Å². The van der Waals surface area contributed by atoms with E-state index < -0.39 is 10.0 Å². The summed E-state index contributed by atoms with van der Waals surface area (Å²) in [6.45, 7) is 1.08. The van der Waals surface area contributed by atoms with Crippen LogP contribution in [0.25, 0.3) is 0 Å². The maximum absolute atomic E-state index is 12.4. The molecule has 0 saturated heterocycles. The molecule has 0 atom stereocenters. The first-order chi connectivity index (χ1) is 12.6. The van der Waals surface area contributed by atoms with Crippen LogP contribution in [-0.2, 0) is 10.0 Å². The second-order valence-corrected chi connectivity index (χ2v) is 7.19. The standard InChI is InChI=1S/C19H19N3O3S/c23-26(24,19-7-2-1-3-8-19)22-17-5-4-6-18(15-17)25-14-13-21-16-9-11-20-12-10-16/h1-12,15,22H,13-14H2,(H,20,21)/p+1. The third kappa shape index (κ3) is 4.97. The Bertz CT molecular complexity index is 933. The Labute approximate surface area is 152 Å². The van der Waals surface area contributed by atoms with Gasteiger partial charge in [0.2, 0.25) is 0 Å². The van der Waals surface area contributed by atoms with Crippen molar-refractivity contribution in [3.8, 4) is 5.75 Å². The number of benzene rings is 2. The molecule has 3 rings (SSSR count). The molecule has 0 aliphatic carbocycles. The summed E-state index contributed by atoms with van der Waals surface area (Å²) in [5.74, 6) is 0.599. The number of H-pyrrole nitrogens is 1. The SMILES string of the molecule is O=S(=O)(Nc1cccc(OCCNc2cc[nH+]cc2)c1)c1ccccc1. The fraction of sp³-hybridized carbons (Fsp3) is 0.105. The summed E-state index contributed by atoms with van der Waals surface area (Å²) < 4.78 is 33.0. The third-order valence-electron chi connectivity index (χ3n) is 3.56. The number of sulfonamides is 1. The number of aromatic amines is 1. The van der Waals surface area contributed by atoms with E-state index in [1.165, 1.54) is 0 Å². The summed E-state index contributed by atoms with van der Waals surface area (Å²) in [6, 6.07) is 19.0. The van der Waals surface area contributed by atoms with Crippen molar-refractivity contribution in [2.24, 2.45) is 0 Å². The van der Waals surface area contributed by atoms with Crippen LogP contribution in [0.2, 0.25) is 0 Å². The highest BCUT2D eigenvalue weighted by Gasteiger charge is 2.13. The zero-order chi connectivity index (χ0) is 18.2. The normalized spacial score (nSPS) is 10.9. The van der Waals surface area contributed by atoms with E-state index in [1.807, 2.05) is 24.5 Å². The van der Waals surface area contributed by atoms with Gasteiger partial charge in [0.25, 0.3) is 10.0 Å². The molecule has 0 fully saturated rings. The van der Waals surface area contributed by atoms with Gasteiger partial charge in [-0.25, -0.2) is 13.4 Å². The first kappa shape index (κ1) is 17.8. The molecule has 3 N–H and O–H groups in total. The number of nitrogens with one attached hydrogen (secondary N) is 3. The van der Waals surface area contributed by atoms with Crippen LogP contribution in [0, 0.1) is 0 Å². The fourth-order valence-electron chi connectivity index (χ4n) is 2.33. The highest BCUT2D eigenvalue weighted by Crippen LogP contribution is 2.20. The number of hydrogen-bond acceptors (Lipinski definition) is 4. The minimum atomic E-state index is -3.61. The van der Waals surface area contributed by atoms with Crippen LogP contribution in [-0.4, -0.2) is 21.6 Å². The smallest absolute Gasteiger partial charge is 0.261 e. The predicted octanol–water partition coefficient (Wildman–Crippen LogP) is 2.79. The molecule has 0 aliphatic rings. The van der Waals surface area contributed by atoms with Crippen LogP contribution in [0.5, 0.6) is 5.75 Å². The van der Waals surface area contributed by atoms with Gasteiger partial charge in [-0.3, -0.25) is 4.72 Å². The first-order valence-electron chi connectivity index (χ1n) is 8.14. The Morgan fingerprint density at radius 3 is 2.42 bits per heavy atom. The van der Waals surface area contributed by atoms with E-state index in [9.17, 15) is 8.42 Å². The number of ether oxygens (including phenoxy) is 1. The zero-order valence-electron chi connectivity index (χ0n) is 14.1. The monoisotopic (exact) mass is 370 g/mol. The van der Waals surface area contributed by atoms with E-state index in [1.54, 1.807) is 54.6 Å². The maximum Gasteiger partial charge on any atom is 0.261 e. The van der Waals surface area contributed by atoms with Gasteiger partial charge in [0.15, 0.2) is 12.4 Å². The molecule has 6 nitrogen and oxygen atoms in total. The average Bonchev–Trinajstić information content (AvgIpc) is 2.67. The molecule has 0 amide bonds. The molecule has 134 valence electrons. The zero-order valence-corrected chi connectivity index (χ0v) is 14.9. The highest BCUT2D eigenvalue weighted by molar-refractivity contribution is 7.92. The van der Waals surface area contributed by atoms with Crippen LogP contribution in [0.1, 0.15) is 0 Å². The van der Waals surface area contributed by atoms with Gasteiger partial charge in [-0.15, -0.1) is 0 Å². The molecule has 3 aromatic rings. The molecular formula is C19H20N3O3S+. The molecule has 0 bridgehead atoms. The van der Waals surface area contributed by atoms with Gasteiger partial charge in [0.05, 0.1) is 10.6 Å². The molecule has 0 aliphatic heterocycles. The van der Waals surface area contributed by atoms with Crippen LogP contribution >= 0.6 is 0 Å². The second kappa shape index (κ2) is 8.35. The van der Waals surface area contributed by atoms with Crippen molar-refractivity contribution in [2.45, 2.75) is 4.90 Å². The molecular weight excluding hydrogens is 350 g/mol. The molecule has 26 heavy (non-hydrogen) atoms. The minimum absolute atomic E-state index is 0.218. The fourth-order valence-corrected chi connectivity index (χ4v) is 3.40. The Kier molecular flexibility index (Phi) is 5.70. The Morgan fingerprint density at radius 1 is 0.885 bits per heavy atom. The Morgan fingerprint density at radius 2 is 1.65 bits per heavy atom. The van der Waals surface area contributed by atoms with Gasteiger partial charge in [-0.1, -0.05) is 24.3 Å². The van der Waals surface area contributed by atoms with E-state index in [0.29, 0.717) is 24.6 Å². The molecule has 7 heteroatoms. The van der Waals surface area contributed by atoms with E-state index in [4.69, 9.17) is 4.74 Å². The van der Waals surface area contributed by atoms with Crippen LogP contribution in [0.3, 0.4) is 0 Å². The summed E-state index contributed by atoms with van der Waals surface area (Å²) >= 11 is 0. The molecule has 0 radical (unpaired) electrons. The summed E-state index contributed by atoms with van der Waals surface area (Å²) in [5, 5.41) is 3.23. The first-order valence-corrected chi connectivity index (χ1v) is 9.62. The summed E-state index contributed by atoms with van der Waals surface area (Å²) in [7, 11) is -3.61. The molecule has 0 spiro atoms. The minimum Gasteiger partial charge on any atom is -0.492 e. The molecule has 0 saturated carbocycles. The van der Waals surface area contributed by atoms with Crippen LogP contribution in [0.4, 0.5) is 11.4 Å². The van der Waals surface area contributed by atoms with Gasteiger partial charge in [-0.05, 0) is 24.3 Å². The lowest BCUT2D eigenvalue weighted by Crippen LogP contribution is -2.14. The highest BCUT2D eigenvalue weighted by atomic mass is 32.2. The number of aromatic nitrogens is 1.